The van der Waals surface area contributed by atoms with Gasteiger partial charge in [0.05, 0.1) is 6.54 Å². The maximum Gasteiger partial charge on any atom is 0.410 e. The van der Waals surface area contributed by atoms with Gasteiger partial charge in [0.25, 0.3) is 0 Å². The van der Waals surface area contributed by atoms with Crippen LogP contribution < -0.4 is 0 Å². The molecule has 0 aromatic rings. The monoisotopic (exact) mass is 295 g/mol. The van der Waals surface area contributed by atoms with Gasteiger partial charge in [-0.25, -0.2) is 4.79 Å². The van der Waals surface area contributed by atoms with E-state index in [4.69, 9.17) is 4.74 Å². The quantitative estimate of drug-likeness (QED) is 0.739. The minimum Gasteiger partial charge on any atom is -0.444 e. The molecule has 0 aromatic heterocycles. The first kappa shape index (κ1) is 16.3. The van der Waals surface area contributed by atoms with Crippen molar-refractivity contribution in [3.8, 4) is 0 Å². The maximum absolute atomic E-state index is 12.6. The number of nitrogens with zero attached hydrogens (tertiary/aromatic N) is 1. The number of ketones is 1. The van der Waals surface area contributed by atoms with Crippen molar-refractivity contribution in [2.24, 2.45) is 11.3 Å². The SMILES string of the molecule is CCC12CCCCCC1C(=O)CN(C(=O)OC(C)(C)C)C2. The molecule has 1 aliphatic heterocycles. The van der Waals surface area contributed by atoms with E-state index >= 15 is 0 Å². The lowest BCUT2D eigenvalue weighted by Gasteiger charge is -2.46. The molecule has 0 spiro atoms. The number of fused-ring (bicyclic) bond motifs is 1. The third-order valence-corrected chi connectivity index (χ3v) is 5.00. The Hall–Kier alpha value is -1.06. The Bertz CT molecular complexity index is 413. The third kappa shape index (κ3) is 3.58. The highest BCUT2D eigenvalue weighted by molar-refractivity contribution is 5.88. The fourth-order valence-corrected chi connectivity index (χ4v) is 3.90. The van der Waals surface area contributed by atoms with Gasteiger partial charge in [-0.1, -0.05) is 26.2 Å². The Labute approximate surface area is 128 Å². The highest BCUT2D eigenvalue weighted by atomic mass is 16.6. The van der Waals surface area contributed by atoms with Crippen LogP contribution in [-0.4, -0.2) is 35.5 Å². The van der Waals surface area contributed by atoms with Crippen LogP contribution in [0.1, 0.15) is 66.2 Å². The van der Waals surface area contributed by atoms with Gasteiger partial charge in [-0.15, -0.1) is 0 Å². The summed E-state index contributed by atoms with van der Waals surface area (Å²) in [5.41, 5.74) is -0.539. The van der Waals surface area contributed by atoms with Gasteiger partial charge < -0.3 is 9.64 Å². The van der Waals surface area contributed by atoms with Crippen molar-refractivity contribution in [3.63, 3.8) is 0 Å². The van der Waals surface area contributed by atoms with Crippen LogP contribution in [0.2, 0.25) is 0 Å². The van der Waals surface area contributed by atoms with Crippen molar-refractivity contribution in [2.75, 3.05) is 13.1 Å². The Balaban J connectivity index is 2.18. The molecular weight excluding hydrogens is 266 g/mol. The van der Waals surface area contributed by atoms with Crippen molar-refractivity contribution >= 4 is 11.9 Å². The molecule has 4 nitrogen and oxygen atoms in total. The van der Waals surface area contributed by atoms with E-state index in [1.165, 1.54) is 12.8 Å². The molecule has 120 valence electrons. The molecule has 2 fully saturated rings. The predicted octanol–water partition coefficient (Wildman–Crippen LogP) is 3.78. The first-order chi connectivity index (χ1) is 9.77. The molecule has 0 aromatic carbocycles. The minimum absolute atomic E-state index is 0.0251. The van der Waals surface area contributed by atoms with Crippen LogP contribution in [0.25, 0.3) is 0 Å². The number of Topliss-reactive ketones (excluding diaryl/α,β-unsaturated/α-hetero) is 1. The number of piperidine rings is 1. The second kappa shape index (κ2) is 5.98. The van der Waals surface area contributed by atoms with Crippen molar-refractivity contribution in [3.05, 3.63) is 0 Å². The van der Waals surface area contributed by atoms with Gasteiger partial charge in [-0.2, -0.15) is 0 Å². The summed E-state index contributed by atoms with van der Waals surface area (Å²) in [6.45, 7) is 8.64. The molecule has 2 rings (SSSR count). The zero-order chi connectivity index (χ0) is 15.7. The Morgan fingerprint density at radius 3 is 2.67 bits per heavy atom. The summed E-state index contributed by atoms with van der Waals surface area (Å²) < 4.78 is 5.46. The van der Waals surface area contributed by atoms with Gasteiger partial charge in [-0.3, -0.25) is 4.79 Å². The van der Waals surface area contributed by atoms with Crippen molar-refractivity contribution in [2.45, 2.75) is 71.8 Å². The molecule has 0 radical (unpaired) electrons. The summed E-state index contributed by atoms with van der Waals surface area (Å²) in [5, 5.41) is 0. The fourth-order valence-electron chi connectivity index (χ4n) is 3.90. The van der Waals surface area contributed by atoms with Crippen LogP contribution in [-0.2, 0) is 9.53 Å². The van der Waals surface area contributed by atoms with E-state index in [2.05, 4.69) is 6.92 Å². The van der Waals surface area contributed by atoms with Crippen LogP contribution in [0.5, 0.6) is 0 Å². The lowest BCUT2D eigenvalue weighted by Crippen LogP contribution is -2.56. The van der Waals surface area contributed by atoms with Gasteiger partial charge in [0.15, 0.2) is 5.78 Å². The van der Waals surface area contributed by atoms with E-state index in [9.17, 15) is 9.59 Å². The van der Waals surface area contributed by atoms with E-state index in [1.54, 1.807) is 4.90 Å². The van der Waals surface area contributed by atoms with Gasteiger partial charge in [-0.05, 0) is 45.4 Å². The molecule has 2 atom stereocenters. The molecule has 0 N–H and O–H groups in total. The molecule has 1 saturated heterocycles. The summed E-state index contributed by atoms with van der Waals surface area (Å²) >= 11 is 0. The average Bonchev–Trinajstić information content (AvgIpc) is 2.59. The number of hydrogen-bond acceptors (Lipinski definition) is 3. The van der Waals surface area contributed by atoms with Crippen LogP contribution in [0, 0.1) is 11.3 Å². The third-order valence-electron chi connectivity index (χ3n) is 5.00. The molecule has 2 unspecified atom stereocenters. The zero-order valence-corrected chi connectivity index (χ0v) is 13.9. The summed E-state index contributed by atoms with van der Waals surface area (Å²) in [6.07, 6.45) is 6.19. The number of hydrogen-bond donors (Lipinski definition) is 0. The first-order valence-electron chi connectivity index (χ1n) is 8.28. The molecule has 1 heterocycles. The number of amides is 1. The van der Waals surface area contributed by atoms with E-state index in [-0.39, 0.29) is 29.8 Å². The van der Waals surface area contributed by atoms with Gasteiger partial charge >= 0.3 is 6.09 Å². The van der Waals surface area contributed by atoms with E-state index in [0.29, 0.717) is 6.54 Å². The number of ether oxygens (including phenoxy) is 1. The van der Waals surface area contributed by atoms with E-state index in [0.717, 1.165) is 25.7 Å². The van der Waals surface area contributed by atoms with E-state index in [1.807, 2.05) is 20.8 Å². The summed E-state index contributed by atoms with van der Waals surface area (Å²) in [6, 6.07) is 0. The van der Waals surface area contributed by atoms with Crippen LogP contribution >= 0.6 is 0 Å². The molecule has 1 saturated carbocycles. The highest BCUT2D eigenvalue weighted by Gasteiger charge is 2.48. The Morgan fingerprint density at radius 1 is 1.33 bits per heavy atom. The zero-order valence-electron chi connectivity index (χ0n) is 13.9. The minimum atomic E-state index is -0.514. The molecule has 2 aliphatic rings. The van der Waals surface area contributed by atoms with Gasteiger partial charge in [0.2, 0.25) is 0 Å². The van der Waals surface area contributed by atoms with Crippen LogP contribution in [0.15, 0.2) is 0 Å². The second-order valence-electron chi connectivity index (χ2n) is 7.67. The largest absolute Gasteiger partial charge is 0.444 e. The van der Waals surface area contributed by atoms with Crippen molar-refractivity contribution in [1.82, 2.24) is 4.90 Å². The van der Waals surface area contributed by atoms with Crippen molar-refractivity contribution in [1.29, 1.82) is 0 Å². The van der Waals surface area contributed by atoms with E-state index < -0.39 is 5.60 Å². The maximum atomic E-state index is 12.6. The molecule has 4 heteroatoms. The van der Waals surface area contributed by atoms with Crippen molar-refractivity contribution < 1.29 is 14.3 Å². The molecule has 0 bridgehead atoms. The second-order valence-corrected chi connectivity index (χ2v) is 7.67. The number of carbonyl (C=O) groups is 2. The lowest BCUT2D eigenvalue weighted by atomic mass is 9.66. The van der Waals surface area contributed by atoms with Gasteiger partial charge in [0, 0.05) is 12.5 Å². The Kier molecular flexibility index (Phi) is 4.64. The summed E-state index contributed by atoms with van der Waals surface area (Å²) in [5.74, 6) is 0.375. The number of carbonyl (C=O) groups excluding carboxylic acids is 2. The number of likely N-dealkylation sites (tertiary alicyclic amines) is 1. The van der Waals surface area contributed by atoms with Gasteiger partial charge in [0.1, 0.15) is 5.60 Å². The molecule has 1 amide bonds. The highest BCUT2D eigenvalue weighted by Crippen LogP contribution is 2.46. The molecule has 21 heavy (non-hydrogen) atoms. The lowest BCUT2D eigenvalue weighted by molar-refractivity contribution is -0.135. The average molecular weight is 295 g/mol. The summed E-state index contributed by atoms with van der Waals surface area (Å²) in [4.78, 5) is 26.5. The first-order valence-corrected chi connectivity index (χ1v) is 8.28. The van der Waals surface area contributed by atoms with Crippen LogP contribution in [0.3, 0.4) is 0 Å². The molecular formula is C17H29NO3. The Morgan fingerprint density at radius 2 is 2.05 bits per heavy atom. The predicted molar refractivity (Wildman–Crippen MR) is 82.1 cm³/mol. The smallest absolute Gasteiger partial charge is 0.410 e. The molecule has 1 aliphatic carbocycles. The normalized spacial score (nSPS) is 30.6. The number of rotatable bonds is 1. The standard InChI is InChI=1S/C17H29NO3/c1-5-17-10-8-6-7-9-13(17)14(19)11-18(12-17)15(20)21-16(2,3)4/h13H,5-12H2,1-4H3. The summed E-state index contributed by atoms with van der Waals surface area (Å²) in [7, 11) is 0. The fraction of sp³-hybridized carbons (Fsp3) is 0.882. The van der Waals surface area contributed by atoms with Crippen LogP contribution in [0.4, 0.5) is 4.79 Å². The topological polar surface area (TPSA) is 46.6 Å².